The van der Waals surface area contributed by atoms with Gasteiger partial charge in [-0.2, -0.15) is 0 Å². The van der Waals surface area contributed by atoms with Gasteiger partial charge in [0.2, 0.25) is 5.91 Å². The molecule has 0 aliphatic carbocycles. The second-order valence-corrected chi connectivity index (χ2v) is 6.84. The van der Waals surface area contributed by atoms with Gasteiger partial charge in [0.15, 0.2) is 0 Å². The third-order valence-corrected chi connectivity index (χ3v) is 4.93. The first-order valence-electron chi connectivity index (χ1n) is 8.92. The number of amides is 1. The van der Waals surface area contributed by atoms with Gasteiger partial charge in [-0.25, -0.2) is 0 Å². The molecule has 0 radical (unpaired) electrons. The van der Waals surface area contributed by atoms with Crippen molar-refractivity contribution < 1.29 is 4.79 Å². The van der Waals surface area contributed by atoms with Crippen molar-refractivity contribution in [3.05, 3.63) is 58.7 Å². The van der Waals surface area contributed by atoms with Gasteiger partial charge in [-0.05, 0) is 68.3 Å². The Morgan fingerprint density at radius 2 is 1.92 bits per heavy atom. The summed E-state index contributed by atoms with van der Waals surface area (Å²) in [6.45, 7) is 8.23. The molecule has 1 heterocycles. The average molecular weight is 370 g/mol. The van der Waals surface area contributed by atoms with Crippen LogP contribution in [0.25, 0.3) is 10.9 Å². The fourth-order valence-electron chi connectivity index (χ4n) is 3.24. The number of rotatable bonds is 6. The standard InChI is InChI=1S/C21H24ClN3O/c1-4-25(5-2)17-7-9-19(14(3)10-17)24-21(26)11-15-13-23-20-8-6-16(22)12-18(15)20/h6-10,12-13,23H,4-5,11H2,1-3H3,(H,24,26). The van der Waals surface area contributed by atoms with E-state index in [4.69, 9.17) is 11.6 Å². The summed E-state index contributed by atoms with van der Waals surface area (Å²) < 4.78 is 0. The summed E-state index contributed by atoms with van der Waals surface area (Å²) in [4.78, 5) is 18.0. The van der Waals surface area contributed by atoms with Gasteiger partial charge < -0.3 is 15.2 Å². The molecule has 0 spiro atoms. The zero-order chi connectivity index (χ0) is 18.7. The number of hydrogen-bond donors (Lipinski definition) is 2. The lowest BCUT2D eigenvalue weighted by atomic mass is 10.1. The van der Waals surface area contributed by atoms with E-state index in [-0.39, 0.29) is 5.91 Å². The second-order valence-electron chi connectivity index (χ2n) is 6.40. The Kier molecular flexibility index (Phi) is 5.52. The second kappa shape index (κ2) is 7.83. The van der Waals surface area contributed by atoms with Crippen LogP contribution in [0.5, 0.6) is 0 Å². The molecule has 0 bridgehead atoms. The first-order valence-corrected chi connectivity index (χ1v) is 9.30. The number of anilines is 2. The lowest BCUT2D eigenvalue weighted by Crippen LogP contribution is -2.22. The molecule has 5 heteroatoms. The predicted molar refractivity (Wildman–Crippen MR) is 110 cm³/mol. The molecule has 0 unspecified atom stereocenters. The minimum atomic E-state index is -0.0374. The van der Waals surface area contributed by atoms with Crippen molar-refractivity contribution in [1.82, 2.24) is 4.98 Å². The van der Waals surface area contributed by atoms with E-state index in [0.717, 1.165) is 40.8 Å². The Labute approximate surface area is 159 Å². The van der Waals surface area contributed by atoms with Gasteiger partial charge in [0.1, 0.15) is 0 Å². The number of nitrogens with one attached hydrogen (secondary N) is 2. The number of halogens is 1. The minimum Gasteiger partial charge on any atom is -0.372 e. The molecule has 4 nitrogen and oxygen atoms in total. The zero-order valence-corrected chi connectivity index (χ0v) is 16.2. The summed E-state index contributed by atoms with van der Waals surface area (Å²) in [7, 11) is 0. The number of benzene rings is 2. The number of nitrogens with zero attached hydrogens (tertiary/aromatic N) is 1. The van der Waals surface area contributed by atoms with Crippen molar-refractivity contribution in [2.45, 2.75) is 27.2 Å². The first-order chi connectivity index (χ1) is 12.5. The van der Waals surface area contributed by atoms with Crippen LogP contribution in [0.4, 0.5) is 11.4 Å². The van der Waals surface area contributed by atoms with E-state index in [1.807, 2.05) is 37.4 Å². The number of H-pyrrole nitrogens is 1. The van der Waals surface area contributed by atoms with Crippen LogP contribution in [0.1, 0.15) is 25.0 Å². The molecular weight excluding hydrogens is 346 g/mol. The molecule has 0 fully saturated rings. The fourth-order valence-corrected chi connectivity index (χ4v) is 3.41. The van der Waals surface area contributed by atoms with Crippen molar-refractivity contribution in [3.63, 3.8) is 0 Å². The number of fused-ring (bicyclic) bond motifs is 1. The number of aryl methyl sites for hydroxylation is 1. The lowest BCUT2D eigenvalue weighted by Gasteiger charge is -2.22. The van der Waals surface area contributed by atoms with Crippen LogP contribution in [-0.4, -0.2) is 24.0 Å². The summed E-state index contributed by atoms with van der Waals surface area (Å²) >= 11 is 6.08. The van der Waals surface area contributed by atoms with Gasteiger partial charge in [0, 0.05) is 46.6 Å². The molecule has 3 aromatic rings. The molecule has 2 aromatic carbocycles. The fraction of sp³-hybridized carbons (Fsp3) is 0.286. The Balaban J connectivity index is 1.74. The molecule has 3 rings (SSSR count). The summed E-state index contributed by atoms with van der Waals surface area (Å²) in [5.41, 5.74) is 5.01. The van der Waals surface area contributed by atoms with Crippen molar-refractivity contribution in [2.24, 2.45) is 0 Å². The molecule has 26 heavy (non-hydrogen) atoms. The molecule has 0 saturated carbocycles. The number of aromatic nitrogens is 1. The summed E-state index contributed by atoms with van der Waals surface area (Å²) in [5, 5.41) is 4.68. The highest BCUT2D eigenvalue weighted by Gasteiger charge is 2.11. The number of aromatic amines is 1. The Morgan fingerprint density at radius 3 is 2.62 bits per heavy atom. The Hall–Kier alpha value is -2.46. The number of hydrogen-bond acceptors (Lipinski definition) is 2. The van der Waals surface area contributed by atoms with Crippen LogP contribution in [0.3, 0.4) is 0 Å². The molecular formula is C21H24ClN3O. The summed E-state index contributed by atoms with van der Waals surface area (Å²) in [5.74, 6) is -0.0374. The third kappa shape index (κ3) is 3.86. The minimum absolute atomic E-state index is 0.0374. The van der Waals surface area contributed by atoms with Gasteiger partial charge in [-0.3, -0.25) is 4.79 Å². The highest BCUT2D eigenvalue weighted by atomic mass is 35.5. The Bertz CT molecular complexity index is 928. The normalized spacial score (nSPS) is 10.9. The van der Waals surface area contributed by atoms with Crippen molar-refractivity contribution >= 4 is 39.8 Å². The van der Waals surface area contributed by atoms with Crippen molar-refractivity contribution in [2.75, 3.05) is 23.3 Å². The van der Waals surface area contributed by atoms with E-state index in [1.165, 1.54) is 5.69 Å². The van der Waals surface area contributed by atoms with E-state index in [9.17, 15) is 4.79 Å². The smallest absolute Gasteiger partial charge is 0.228 e. The van der Waals surface area contributed by atoms with E-state index in [2.05, 4.69) is 41.2 Å². The maximum Gasteiger partial charge on any atom is 0.228 e. The summed E-state index contributed by atoms with van der Waals surface area (Å²) in [6.07, 6.45) is 2.18. The maximum absolute atomic E-state index is 12.5. The largest absolute Gasteiger partial charge is 0.372 e. The van der Waals surface area contributed by atoms with E-state index < -0.39 is 0 Å². The van der Waals surface area contributed by atoms with Gasteiger partial charge in [0.25, 0.3) is 0 Å². The molecule has 0 saturated heterocycles. The molecule has 1 amide bonds. The molecule has 0 aliphatic rings. The topological polar surface area (TPSA) is 48.1 Å². The lowest BCUT2D eigenvalue weighted by molar-refractivity contribution is -0.115. The van der Waals surface area contributed by atoms with Crippen LogP contribution >= 0.6 is 11.6 Å². The predicted octanol–water partition coefficient (Wildman–Crippen LogP) is 5.16. The van der Waals surface area contributed by atoms with Gasteiger partial charge in [0.05, 0.1) is 6.42 Å². The number of carbonyl (C=O) groups excluding carboxylic acids is 1. The monoisotopic (exact) mass is 369 g/mol. The quantitative estimate of drug-likeness (QED) is 0.630. The molecule has 1 aromatic heterocycles. The third-order valence-electron chi connectivity index (χ3n) is 4.69. The Morgan fingerprint density at radius 1 is 1.15 bits per heavy atom. The molecule has 2 N–H and O–H groups in total. The van der Waals surface area contributed by atoms with Gasteiger partial charge >= 0.3 is 0 Å². The van der Waals surface area contributed by atoms with Gasteiger partial charge in [-0.15, -0.1) is 0 Å². The maximum atomic E-state index is 12.5. The average Bonchev–Trinajstić information content (AvgIpc) is 3.00. The zero-order valence-electron chi connectivity index (χ0n) is 15.4. The SMILES string of the molecule is CCN(CC)c1ccc(NC(=O)Cc2c[nH]c3ccc(Cl)cc23)c(C)c1. The first kappa shape index (κ1) is 18.3. The van der Waals surface area contributed by atoms with Crippen molar-refractivity contribution in [3.8, 4) is 0 Å². The van der Waals surface area contributed by atoms with Crippen LogP contribution in [0, 0.1) is 6.92 Å². The highest BCUT2D eigenvalue weighted by Crippen LogP contribution is 2.25. The van der Waals surface area contributed by atoms with Crippen LogP contribution in [0.15, 0.2) is 42.6 Å². The van der Waals surface area contributed by atoms with E-state index >= 15 is 0 Å². The molecule has 0 atom stereocenters. The molecule has 136 valence electrons. The molecule has 0 aliphatic heterocycles. The van der Waals surface area contributed by atoms with E-state index in [1.54, 1.807) is 0 Å². The van der Waals surface area contributed by atoms with Crippen LogP contribution in [-0.2, 0) is 11.2 Å². The van der Waals surface area contributed by atoms with Gasteiger partial charge in [-0.1, -0.05) is 11.6 Å². The van der Waals surface area contributed by atoms with Crippen LogP contribution < -0.4 is 10.2 Å². The van der Waals surface area contributed by atoms with Crippen LogP contribution in [0.2, 0.25) is 5.02 Å². The van der Waals surface area contributed by atoms with E-state index in [0.29, 0.717) is 11.4 Å². The summed E-state index contributed by atoms with van der Waals surface area (Å²) in [6, 6.07) is 11.8. The number of carbonyl (C=O) groups is 1. The highest BCUT2D eigenvalue weighted by molar-refractivity contribution is 6.31. The van der Waals surface area contributed by atoms with Crippen molar-refractivity contribution in [1.29, 1.82) is 0 Å².